The summed E-state index contributed by atoms with van der Waals surface area (Å²) in [6.45, 7) is 0. The highest BCUT2D eigenvalue weighted by Gasteiger charge is 2.15. The number of para-hydroxylation sites is 1. The standard InChI is InChI=1S/C25H21N3O3/c29-23(27-21-14-11-19(12-15-21)25(30)31)16-13-20-17-26-28(22-9-5-2-6-10-22)24(20)18-7-3-1-4-8-18/h1-12,14-15,17H,13,16H2,(H,27,29)(H,30,31). The van der Waals surface area contributed by atoms with Crippen molar-refractivity contribution in [2.24, 2.45) is 0 Å². The molecule has 31 heavy (non-hydrogen) atoms. The molecule has 4 rings (SSSR count). The summed E-state index contributed by atoms with van der Waals surface area (Å²) >= 11 is 0. The largest absolute Gasteiger partial charge is 0.478 e. The summed E-state index contributed by atoms with van der Waals surface area (Å²) in [7, 11) is 0. The number of aryl methyl sites for hydroxylation is 1. The van der Waals surface area contributed by atoms with E-state index in [4.69, 9.17) is 5.11 Å². The molecule has 0 bridgehead atoms. The van der Waals surface area contributed by atoms with Crippen LogP contribution >= 0.6 is 0 Å². The van der Waals surface area contributed by atoms with Gasteiger partial charge >= 0.3 is 5.97 Å². The average Bonchev–Trinajstić information content (AvgIpc) is 3.23. The molecule has 154 valence electrons. The maximum Gasteiger partial charge on any atom is 0.335 e. The first-order valence-electron chi connectivity index (χ1n) is 9.93. The summed E-state index contributed by atoms with van der Waals surface area (Å²) in [6, 6.07) is 26.0. The number of carbonyl (C=O) groups is 2. The molecular formula is C25H21N3O3. The molecule has 0 spiro atoms. The zero-order chi connectivity index (χ0) is 21.6. The highest BCUT2D eigenvalue weighted by Crippen LogP contribution is 2.27. The minimum absolute atomic E-state index is 0.144. The van der Waals surface area contributed by atoms with Crippen LogP contribution in [0.2, 0.25) is 0 Å². The van der Waals surface area contributed by atoms with Gasteiger partial charge in [-0.15, -0.1) is 0 Å². The van der Waals surface area contributed by atoms with Crippen molar-refractivity contribution in [3.05, 3.63) is 102 Å². The molecule has 0 fully saturated rings. The van der Waals surface area contributed by atoms with E-state index >= 15 is 0 Å². The van der Waals surface area contributed by atoms with Gasteiger partial charge in [-0.2, -0.15) is 5.10 Å². The van der Waals surface area contributed by atoms with Gasteiger partial charge in [0.15, 0.2) is 0 Å². The number of amides is 1. The van der Waals surface area contributed by atoms with Gasteiger partial charge in [0, 0.05) is 17.7 Å². The fourth-order valence-electron chi connectivity index (χ4n) is 3.40. The number of anilines is 1. The van der Waals surface area contributed by atoms with Gasteiger partial charge in [-0.05, 0) is 48.4 Å². The van der Waals surface area contributed by atoms with Gasteiger partial charge in [0.1, 0.15) is 0 Å². The molecule has 0 aliphatic carbocycles. The summed E-state index contributed by atoms with van der Waals surface area (Å²) in [6.07, 6.45) is 2.61. The maximum atomic E-state index is 12.5. The Morgan fingerprint density at radius 1 is 0.871 bits per heavy atom. The van der Waals surface area contributed by atoms with E-state index in [9.17, 15) is 9.59 Å². The molecule has 4 aromatic rings. The predicted octanol–water partition coefficient (Wildman–Crippen LogP) is 4.81. The molecule has 6 heteroatoms. The Kier molecular flexibility index (Phi) is 5.89. The number of hydrogen-bond acceptors (Lipinski definition) is 3. The zero-order valence-corrected chi connectivity index (χ0v) is 16.7. The lowest BCUT2D eigenvalue weighted by atomic mass is 10.0. The van der Waals surface area contributed by atoms with Gasteiger partial charge in [-0.25, -0.2) is 9.48 Å². The monoisotopic (exact) mass is 411 g/mol. The van der Waals surface area contributed by atoms with Crippen LogP contribution in [0.4, 0.5) is 5.69 Å². The highest BCUT2D eigenvalue weighted by molar-refractivity contribution is 5.92. The molecule has 0 saturated heterocycles. The first-order valence-corrected chi connectivity index (χ1v) is 9.93. The second-order valence-electron chi connectivity index (χ2n) is 7.06. The smallest absolute Gasteiger partial charge is 0.335 e. The lowest BCUT2D eigenvalue weighted by Gasteiger charge is -2.10. The molecular weight excluding hydrogens is 390 g/mol. The molecule has 2 N–H and O–H groups in total. The molecule has 0 atom stereocenters. The number of nitrogens with one attached hydrogen (secondary N) is 1. The van der Waals surface area contributed by atoms with Gasteiger partial charge < -0.3 is 10.4 Å². The van der Waals surface area contributed by atoms with Gasteiger partial charge in [0.2, 0.25) is 5.91 Å². The molecule has 3 aromatic carbocycles. The predicted molar refractivity (Wildman–Crippen MR) is 119 cm³/mol. The van der Waals surface area contributed by atoms with Crippen LogP contribution in [0, 0.1) is 0 Å². The Bertz CT molecular complexity index is 1180. The van der Waals surface area contributed by atoms with E-state index in [1.54, 1.807) is 12.1 Å². The summed E-state index contributed by atoms with van der Waals surface area (Å²) < 4.78 is 1.90. The molecule has 0 saturated carbocycles. The number of rotatable bonds is 7. The second-order valence-corrected chi connectivity index (χ2v) is 7.06. The van der Waals surface area contributed by atoms with E-state index in [2.05, 4.69) is 10.4 Å². The van der Waals surface area contributed by atoms with Crippen molar-refractivity contribution >= 4 is 17.6 Å². The number of carbonyl (C=O) groups excluding carboxylic acids is 1. The van der Waals surface area contributed by atoms with Crippen molar-refractivity contribution < 1.29 is 14.7 Å². The minimum Gasteiger partial charge on any atom is -0.478 e. The zero-order valence-electron chi connectivity index (χ0n) is 16.7. The number of hydrogen-bond donors (Lipinski definition) is 2. The second kappa shape index (κ2) is 9.09. The van der Waals surface area contributed by atoms with E-state index < -0.39 is 5.97 Å². The van der Waals surface area contributed by atoms with Gasteiger partial charge in [0.25, 0.3) is 0 Å². The van der Waals surface area contributed by atoms with Crippen molar-refractivity contribution in [3.63, 3.8) is 0 Å². The van der Waals surface area contributed by atoms with Gasteiger partial charge in [-0.3, -0.25) is 4.79 Å². The van der Waals surface area contributed by atoms with E-state index in [1.807, 2.05) is 71.5 Å². The number of nitrogens with zero attached hydrogens (tertiary/aromatic N) is 2. The van der Waals surface area contributed by atoms with Crippen LogP contribution in [-0.2, 0) is 11.2 Å². The van der Waals surface area contributed by atoms with Crippen molar-refractivity contribution in [3.8, 4) is 16.9 Å². The number of carboxylic acid groups (broad SMARTS) is 1. The molecule has 0 aliphatic heterocycles. The average molecular weight is 411 g/mol. The van der Waals surface area contributed by atoms with Gasteiger partial charge in [0.05, 0.1) is 23.1 Å². The van der Waals surface area contributed by atoms with Gasteiger partial charge in [-0.1, -0.05) is 48.5 Å². The van der Waals surface area contributed by atoms with E-state index in [1.165, 1.54) is 12.1 Å². The SMILES string of the molecule is O=C(CCc1cnn(-c2ccccc2)c1-c1ccccc1)Nc1ccc(C(=O)O)cc1. The lowest BCUT2D eigenvalue weighted by Crippen LogP contribution is -2.12. The number of benzene rings is 3. The van der Waals surface area contributed by atoms with Crippen LogP contribution in [0.25, 0.3) is 16.9 Å². The van der Waals surface area contributed by atoms with Crippen LogP contribution in [0.5, 0.6) is 0 Å². The van der Waals surface area contributed by atoms with Crippen LogP contribution in [0.15, 0.2) is 91.1 Å². The van der Waals surface area contributed by atoms with Crippen molar-refractivity contribution in [1.29, 1.82) is 0 Å². The summed E-state index contributed by atoms with van der Waals surface area (Å²) in [5.41, 5.74) is 4.67. The molecule has 0 radical (unpaired) electrons. The van der Waals surface area contributed by atoms with E-state index in [0.29, 0.717) is 12.1 Å². The number of aromatic nitrogens is 2. The summed E-state index contributed by atoms with van der Waals surface area (Å²) in [4.78, 5) is 23.4. The third kappa shape index (κ3) is 4.70. The normalized spacial score (nSPS) is 10.6. The molecule has 6 nitrogen and oxygen atoms in total. The number of carboxylic acids is 1. The van der Waals surface area contributed by atoms with Crippen LogP contribution in [-0.4, -0.2) is 26.8 Å². The first kappa shape index (κ1) is 20.1. The Morgan fingerprint density at radius 3 is 2.16 bits per heavy atom. The Labute approximate surface area is 179 Å². The van der Waals surface area contributed by atoms with Crippen LogP contribution in [0.1, 0.15) is 22.3 Å². The third-order valence-corrected chi connectivity index (χ3v) is 4.93. The lowest BCUT2D eigenvalue weighted by molar-refractivity contribution is -0.116. The molecule has 0 aliphatic rings. The Hall–Kier alpha value is -4.19. The van der Waals surface area contributed by atoms with Crippen molar-refractivity contribution in [2.45, 2.75) is 12.8 Å². The quantitative estimate of drug-likeness (QED) is 0.457. The maximum absolute atomic E-state index is 12.5. The third-order valence-electron chi connectivity index (χ3n) is 4.93. The summed E-state index contributed by atoms with van der Waals surface area (Å²) in [5.74, 6) is -1.14. The van der Waals surface area contributed by atoms with Crippen LogP contribution < -0.4 is 5.32 Å². The fraction of sp³-hybridized carbons (Fsp3) is 0.0800. The number of aromatic carboxylic acids is 1. The van der Waals surface area contributed by atoms with Crippen molar-refractivity contribution in [1.82, 2.24) is 9.78 Å². The molecule has 1 heterocycles. The summed E-state index contributed by atoms with van der Waals surface area (Å²) in [5, 5.41) is 16.4. The first-order chi connectivity index (χ1) is 15.1. The van der Waals surface area contributed by atoms with Crippen LogP contribution in [0.3, 0.4) is 0 Å². The molecule has 0 unspecified atom stereocenters. The van der Waals surface area contributed by atoms with E-state index in [0.717, 1.165) is 22.5 Å². The molecule has 1 aromatic heterocycles. The fourth-order valence-corrected chi connectivity index (χ4v) is 3.40. The van der Waals surface area contributed by atoms with Crippen molar-refractivity contribution in [2.75, 3.05) is 5.32 Å². The minimum atomic E-state index is -0.998. The highest BCUT2D eigenvalue weighted by atomic mass is 16.4. The Morgan fingerprint density at radius 2 is 1.52 bits per heavy atom. The Balaban J connectivity index is 1.52. The molecule has 1 amide bonds. The topological polar surface area (TPSA) is 84.2 Å². The van der Waals surface area contributed by atoms with E-state index in [-0.39, 0.29) is 17.9 Å².